The van der Waals surface area contributed by atoms with Crippen LogP contribution in [-0.2, 0) is 19.4 Å². The zero-order valence-corrected chi connectivity index (χ0v) is 22.9. The average Bonchev–Trinajstić information content (AvgIpc) is 3.36. The number of aryl methyl sites for hydroxylation is 3. The third-order valence-corrected chi connectivity index (χ3v) is 6.92. The van der Waals surface area contributed by atoms with Gasteiger partial charge in [-0.1, -0.05) is 0 Å². The minimum atomic E-state index is 0. The first-order valence-electron chi connectivity index (χ1n) is 12.1. The number of fused-ring (bicyclic) bond motifs is 5. The van der Waals surface area contributed by atoms with Crippen LogP contribution in [0.15, 0.2) is 54.7 Å². The first kappa shape index (κ1) is 25.3. The summed E-state index contributed by atoms with van der Waals surface area (Å²) in [5.41, 5.74) is 4.87. The maximum Gasteiger partial charge on any atom is 0.231 e. The van der Waals surface area contributed by atoms with E-state index in [1.54, 1.807) is 38.5 Å². The van der Waals surface area contributed by atoms with Gasteiger partial charge in [0.25, 0.3) is 0 Å². The largest absolute Gasteiger partial charge is 1.00 e. The summed E-state index contributed by atoms with van der Waals surface area (Å²) in [7, 11) is 3.35. The van der Waals surface area contributed by atoms with Gasteiger partial charge in [0, 0.05) is 17.4 Å². The van der Waals surface area contributed by atoms with Crippen molar-refractivity contribution in [3.8, 4) is 45.8 Å². The predicted molar refractivity (Wildman–Crippen MR) is 134 cm³/mol. The fourth-order valence-electron chi connectivity index (χ4n) is 5.24. The number of aromatic nitrogens is 1. The zero-order valence-electron chi connectivity index (χ0n) is 20.8. The summed E-state index contributed by atoms with van der Waals surface area (Å²) in [6.45, 7) is 1.67. The number of benzene rings is 3. The normalized spacial score (nSPS) is 12.9. The van der Waals surface area contributed by atoms with E-state index in [9.17, 15) is 5.11 Å². The molecule has 1 N–H and O–H groups in total. The van der Waals surface area contributed by atoms with Gasteiger partial charge < -0.3 is 52.8 Å². The molecule has 6 rings (SSSR count). The molecule has 2 aliphatic heterocycles. The Balaban J connectivity index is 0.00000280. The molecule has 37 heavy (non-hydrogen) atoms. The number of pyridine rings is 1. The highest BCUT2D eigenvalue weighted by Crippen LogP contribution is 2.43. The number of phenols is 1. The van der Waals surface area contributed by atoms with Crippen LogP contribution < -0.4 is 52.2 Å². The predicted octanol–water partition coefficient (Wildman–Crippen LogP) is 1.82. The second-order valence-electron chi connectivity index (χ2n) is 8.97. The Hall–Kier alpha value is -3.40. The molecule has 0 bridgehead atoms. The average molecular weight is 613 g/mol. The molecule has 8 heteroatoms. The SMILES string of the molecule is COc1ccc2c(CCCOc3ccc(O)cc3)c3[n+](cc2c1OC)CCc1cc2c(cc1-3)OCO2.[I-]. The van der Waals surface area contributed by atoms with Crippen LogP contribution in [0.4, 0.5) is 0 Å². The molecule has 0 saturated heterocycles. The molecule has 1 aromatic heterocycles. The monoisotopic (exact) mass is 613 g/mol. The Morgan fingerprint density at radius 3 is 2.49 bits per heavy atom. The summed E-state index contributed by atoms with van der Waals surface area (Å²) >= 11 is 0. The Bertz CT molecular complexity index is 1450. The van der Waals surface area contributed by atoms with Crippen LogP contribution >= 0.6 is 0 Å². The van der Waals surface area contributed by atoms with Crippen LogP contribution in [0.3, 0.4) is 0 Å². The molecule has 3 heterocycles. The smallest absolute Gasteiger partial charge is 0.231 e. The molecular weight excluding hydrogens is 585 g/mol. The number of hydrogen-bond acceptors (Lipinski definition) is 6. The lowest BCUT2D eigenvalue weighted by atomic mass is 9.89. The van der Waals surface area contributed by atoms with E-state index in [4.69, 9.17) is 23.7 Å². The summed E-state index contributed by atoms with van der Waals surface area (Å²) in [4.78, 5) is 0. The molecular formula is C29H28INO6. The molecule has 0 fully saturated rings. The van der Waals surface area contributed by atoms with Gasteiger partial charge in [0.05, 0.1) is 31.8 Å². The van der Waals surface area contributed by atoms with Crippen LogP contribution in [-0.4, -0.2) is 32.7 Å². The summed E-state index contributed by atoms with van der Waals surface area (Å²) in [6.07, 6.45) is 4.72. The standard InChI is InChI=1S/C29H27NO6.HI/c1-32-25-10-9-21-22(4-3-13-34-20-7-5-19(31)6-8-20)28-23-15-27-26(35-17-36-27)14-18(23)11-12-30(28)16-24(21)29(25)33-2;/h5-10,14-16H,3-4,11-13,17H2,1-2H3;1H. The highest BCUT2D eigenvalue weighted by atomic mass is 127. The molecule has 0 radical (unpaired) electrons. The van der Waals surface area contributed by atoms with Crippen molar-refractivity contribution in [3.63, 3.8) is 0 Å². The van der Waals surface area contributed by atoms with Crippen LogP contribution in [0.25, 0.3) is 22.0 Å². The van der Waals surface area contributed by atoms with Crippen molar-refractivity contribution < 1.29 is 57.3 Å². The van der Waals surface area contributed by atoms with Crippen LogP contribution in [0.1, 0.15) is 17.5 Å². The van der Waals surface area contributed by atoms with Crippen molar-refractivity contribution in [3.05, 3.63) is 65.9 Å². The number of nitrogens with zero attached hydrogens (tertiary/aromatic N) is 1. The summed E-state index contributed by atoms with van der Waals surface area (Å²) < 4.78 is 31.0. The molecule has 0 amide bonds. The lowest BCUT2D eigenvalue weighted by molar-refractivity contribution is -0.686. The van der Waals surface area contributed by atoms with Crippen molar-refractivity contribution >= 4 is 10.8 Å². The number of phenolic OH excluding ortho intramolecular Hbond substituents is 1. The van der Waals surface area contributed by atoms with Crippen molar-refractivity contribution in [1.29, 1.82) is 0 Å². The summed E-state index contributed by atoms with van der Waals surface area (Å²) in [5.74, 6) is 4.03. The van der Waals surface area contributed by atoms with Gasteiger partial charge in [-0.05, 0) is 66.9 Å². The molecule has 2 aliphatic rings. The van der Waals surface area contributed by atoms with Crippen LogP contribution in [0.2, 0.25) is 0 Å². The van der Waals surface area contributed by atoms with E-state index in [0.717, 1.165) is 59.6 Å². The highest BCUT2D eigenvalue weighted by Gasteiger charge is 2.32. The van der Waals surface area contributed by atoms with E-state index >= 15 is 0 Å². The molecule has 0 aliphatic carbocycles. The molecule has 3 aromatic carbocycles. The Morgan fingerprint density at radius 2 is 1.73 bits per heavy atom. The van der Waals surface area contributed by atoms with Gasteiger partial charge in [0.1, 0.15) is 11.5 Å². The minimum Gasteiger partial charge on any atom is -1.00 e. The van der Waals surface area contributed by atoms with Crippen molar-refractivity contribution in [2.75, 3.05) is 27.6 Å². The maximum atomic E-state index is 9.51. The quantitative estimate of drug-likeness (QED) is 0.195. The van der Waals surface area contributed by atoms with Crippen molar-refractivity contribution in [1.82, 2.24) is 0 Å². The fourth-order valence-corrected chi connectivity index (χ4v) is 5.24. The molecule has 0 spiro atoms. The molecule has 0 saturated carbocycles. The number of ether oxygens (including phenoxy) is 5. The van der Waals surface area contributed by atoms with E-state index in [1.807, 2.05) is 6.07 Å². The van der Waals surface area contributed by atoms with E-state index in [1.165, 1.54) is 22.4 Å². The Labute approximate surface area is 232 Å². The van der Waals surface area contributed by atoms with Crippen molar-refractivity contribution in [2.45, 2.75) is 25.8 Å². The second-order valence-corrected chi connectivity index (χ2v) is 8.97. The van der Waals surface area contributed by atoms with E-state index in [2.05, 4.69) is 29.0 Å². The third kappa shape index (κ3) is 4.58. The van der Waals surface area contributed by atoms with Gasteiger partial charge in [0.2, 0.25) is 12.5 Å². The first-order valence-corrected chi connectivity index (χ1v) is 12.1. The second kappa shape index (κ2) is 10.5. The van der Waals surface area contributed by atoms with Gasteiger partial charge in [-0.15, -0.1) is 0 Å². The van der Waals surface area contributed by atoms with Crippen LogP contribution in [0, 0.1) is 0 Å². The summed E-state index contributed by atoms with van der Waals surface area (Å²) in [6, 6.07) is 15.2. The third-order valence-electron chi connectivity index (χ3n) is 6.92. The molecule has 7 nitrogen and oxygen atoms in total. The van der Waals surface area contributed by atoms with Crippen LogP contribution in [0.5, 0.6) is 34.5 Å². The van der Waals surface area contributed by atoms with E-state index < -0.39 is 0 Å². The van der Waals surface area contributed by atoms with Gasteiger partial charge in [-0.25, -0.2) is 0 Å². The number of rotatable bonds is 7. The maximum absolute atomic E-state index is 9.51. The first-order chi connectivity index (χ1) is 17.7. The minimum absolute atomic E-state index is 0. The van der Waals surface area contributed by atoms with Gasteiger partial charge in [-0.3, -0.25) is 0 Å². The number of aromatic hydroxyl groups is 1. The van der Waals surface area contributed by atoms with E-state index in [0.29, 0.717) is 12.4 Å². The van der Waals surface area contributed by atoms with Gasteiger partial charge in [-0.2, -0.15) is 4.57 Å². The number of halogens is 1. The Morgan fingerprint density at radius 1 is 0.946 bits per heavy atom. The zero-order chi connectivity index (χ0) is 24.6. The summed E-state index contributed by atoms with van der Waals surface area (Å²) in [5, 5.41) is 11.7. The van der Waals surface area contributed by atoms with E-state index in [-0.39, 0.29) is 36.5 Å². The van der Waals surface area contributed by atoms with Gasteiger partial charge in [0.15, 0.2) is 35.7 Å². The molecule has 0 atom stereocenters. The number of hydrogen-bond donors (Lipinski definition) is 1. The Kier molecular flexibility index (Phi) is 7.19. The number of methoxy groups -OCH3 is 2. The molecule has 192 valence electrons. The molecule has 0 unspecified atom stereocenters. The fraction of sp³-hybridized carbons (Fsp3) is 0.276. The lowest BCUT2D eigenvalue weighted by Crippen LogP contribution is -3.00. The van der Waals surface area contributed by atoms with Crippen molar-refractivity contribution in [2.24, 2.45) is 0 Å². The lowest BCUT2D eigenvalue weighted by Gasteiger charge is -2.21. The highest BCUT2D eigenvalue weighted by molar-refractivity contribution is 5.95. The topological polar surface area (TPSA) is 70.3 Å². The van der Waals surface area contributed by atoms with Gasteiger partial charge >= 0.3 is 0 Å². The molecule has 4 aromatic rings.